The van der Waals surface area contributed by atoms with Crippen molar-refractivity contribution < 1.29 is 18.8 Å². The minimum atomic E-state index is -0.933. The van der Waals surface area contributed by atoms with Crippen LogP contribution in [-0.4, -0.2) is 101 Å². The van der Waals surface area contributed by atoms with Crippen molar-refractivity contribution in [2.24, 2.45) is 0 Å². The number of likely N-dealkylation sites (N-methyl/N-ethyl adjacent to an activating group) is 1. The third-order valence-corrected chi connectivity index (χ3v) is 8.58. The highest BCUT2D eigenvalue weighted by Gasteiger charge is 2.31. The van der Waals surface area contributed by atoms with Crippen LogP contribution in [0, 0.1) is 0 Å². The normalized spacial score (nSPS) is 13.8. The van der Waals surface area contributed by atoms with Gasteiger partial charge in [0.2, 0.25) is 5.91 Å². The van der Waals surface area contributed by atoms with Crippen LogP contribution in [0.3, 0.4) is 0 Å². The fraction of sp³-hybridized carbons (Fsp3) is 0.333. The van der Waals surface area contributed by atoms with Gasteiger partial charge in [-0.05, 0) is 62.1 Å². The van der Waals surface area contributed by atoms with Crippen molar-refractivity contribution in [2.75, 3.05) is 77.3 Å². The summed E-state index contributed by atoms with van der Waals surface area (Å²) in [5.41, 5.74) is 2.95. The van der Waals surface area contributed by atoms with Crippen molar-refractivity contribution in [3.05, 3.63) is 105 Å². The van der Waals surface area contributed by atoms with Gasteiger partial charge in [-0.25, -0.2) is 0 Å². The van der Waals surface area contributed by atoms with Gasteiger partial charge >= 0.3 is 0 Å². The third kappa shape index (κ3) is 8.34. The maximum atomic E-state index is 14.0. The van der Waals surface area contributed by atoms with Crippen LogP contribution in [0.1, 0.15) is 26.5 Å². The quantitative estimate of drug-likeness (QED) is 0.249. The molecule has 3 aromatic carbocycles. The number of amides is 3. The van der Waals surface area contributed by atoms with E-state index in [1.165, 1.54) is 0 Å². The molecule has 0 unspecified atom stereocenters. The molecule has 12 heteroatoms. The fourth-order valence-electron chi connectivity index (χ4n) is 5.64. The number of carbonyl (C=O) groups is 3. The second-order valence-electron chi connectivity index (χ2n) is 12.3. The van der Waals surface area contributed by atoms with E-state index < -0.39 is 11.9 Å². The van der Waals surface area contributed by atoms with E-state index in [1.807, 2.05) is 74.4 Å². The van der Waals surface area contributed by atoms with Gasteiger partial charge in [0.25, 0.3) is 11.8 Å². The van der Waals surface area contributed by atoms with Gasteiger partial charge in [-0.2, -0.15) is 0 Å². The summed E-state index contributed by atoms with van der Waals surface area (Å²) in [6.45, 7) is 3.05. The Labute approximate surface area is 285 Å². The van der Waals surface area contributed by atoms with Gasteiger partial charge in [-0.15, -0.1) is 0 Å². The van der Waals surface area contributed by atoms with E-state index in [9.17, 15) is 19.2 Å². The summed E-state index contributed by atoms with van der Waals surface area (Å²) in [5.74, 6) is -1.24. The predicted molar refractivity (Wildman–Crippen MR) is 189 cm³/mol. The van der Waals surface area contributed by atoms with Crippen molar-refractivity contribution in [2.45, 2.75) is 12.5 Å². The summed E-state index contributed by atoms with van der Waals surface area (Å²) in [5, 5.41) is 6.73. The van der Waals surface area contributed by atoms with Gasteiger partial charge in [0.05, 0.1) is 10.9 Å². The molecule has 0 spiro atoms. The standard InChI is InChI=1S/C36H41ClN6O5/c1-40(2)16-15-38-34(45)27-7-5-6-8-30(27)42-17-19-43(20-18-42)36(47)29(21-24-9-11-25(37)12-10-24)39-35(46)33-23-31(44)28-22-26(41(3)4)13-14-32(28)48-33/h5-14,22-23,29H,15-21H2,1-4H3,(H,38,45)(H,39,46)/t29-/m1/s1. The lowest BCUT2D eigenvalue weighted by molar-refractivity contribution is -0.133. The maximum absolute atomic E-state index is 14.0. The number of piperazine rings is 1. The first kappa shape index (κ1) is 34.5. The monoisotopic (exact) mass is 672 g/mol. The van der Waals surface area contributed by atoms with Crippen LogP contribution in [0.4, 0.5) is 11.4 Å². The Morgan fingerprint density at radius 2 is 1.60 bits per heavy atom. The number of rotatable bonds is 11. The zero-order valence-electron chi connectivity index (χ0n) is 27.7. The van der Waals surface area contributed by atoms with Crippen LogP contribution in [0.15, 0.2) is 82.0 Å². The molecule has 0 aliphatic carbocycles. The fourth-order valence-corrected chi connectivity index (χ4v) is 5.76. The lowest BCUT2D eigenvalue weighted by Crippen LogP contribution is -2.55. The molecule has 11 nitrogen and oxygen atoms in total. The summed E-state index contributed by atoms with van der Waals surface area (Å²) in [7, 11) is 7.64. The molecule has 5 rings (SSSR count). The second kappa shape index (κ2) is 15.4. The molecule has 3 amide bonds. The van der Waals surface area contributed by atoms with Crippen LogP contribution in [0.25, 0.3) is 11.0 Å². The van der Waals surface area contributed by atoms with Crippen LogP contribution < -0.4 is 25.9 Å². The van der Waals surface area contributed by atoms with Crippen molar-refractivity contribution in [3.63, 3.8) is 0 Å². The minimum absolute atomic E-state index is 0.143. The van der Waals surface area contributed by atoms with E-state index in [4.69, 9.17) is 16.0 Å². The molecule has 2 heterocycles. The average Bonchev–Trinajstić information content (AvgIpc) is 3.08. The Morgan fingerprint density at radius 3 is 2.29 bits per heavy atom. The number of fused-ring (bicyclic) bond motifs is 1. The highest BCUT2D eigenvalue weighted by atomic mass is 35.5. The minimum Gasteiger partial charge on any atom is -0.451 e. The molecule has 4 aromatic rings. The molecule has 252 valence electrons. The predicted octanol–water partition coefficient (Wildman–Crippen LogP) is 3.49. The number of nitrogens with zero attached hydrogens (tertiary/aromatic N) is 4. The Bertz CT molecular complexity index is 1830. The second-order valence-corrected chi connectivity index (χ2v) is 12.7. The summed E-state index contributed by atoms with van der Waals surface area (Å²) < 4.78 is 5.85. The number of hydrogen-bond acceptors (Lipinski definition) is 8. The Morgan fingerprint density at radius 1 is 0.896 bits per heavy atom. The van der Waals surface area contributed by atoms with Crippen LogP contribution >= 0.6 is 11.6 Å². The largest absolute Gasteiger partial charge is 0.451 e. The first-order valence-electron chi connectivity index (χ1n) is 15.9. The van der Waals surface area contributed by atoms with Crippen LogP contribution in [-0.2, 0) is 11.2 Å². The molecular formula is C36H41ClN6O5. The summed E-state index contributed by atoms with van der Waals surface area (Å²) in [6, 6.07) is 19.9. The molecule has 1 fully saturated rings. The molecule has 1 saturated heterocycles. The lowest BCUT2D eigenvalue weighted by atomic mass is 10.0. The van der Waals surface area contributed by atoms with Crippen LogP contribution in [0.5, 0.6) is 0 Å². The van der Waals surface area contributed by atoms with Gasteiger partial charge in [-0.1, -0.05) is 35.9 Å². The molecule has 48 heavy (non-hydrogen) atoms. The van der Waals surface area contributed by atoms with Crippen molar-refractivity contribution >= 4 is 51.7 Å². The van der Waals surface area contributed by atoms with Gasteiger partial charge in [0, 0.05) is 82.2 Å². The van der Waals surface area contributed by atoms with E-state index >= 15 is 0 Å². The summed E-state index contributed by atoms with van der Waals surface area (Å²) >= 11 is 6.10. The molecule has 0 bridgehead atoms. The number of anilines is 2. The first-order valence-corrected chi connectivity index (χ1v) is 16.2. The number of benzene rings is 3. The van der Waals surface area contributed by atoms with Crippen LogP contribution in [0.2, 0.25) is 5.02 Å². The van der Waals surface area contributed by atoms with Crippen molar-refractivity contribution in [1.29, 1.82) is 0 Å². The van der Waals surface area contributed by atoms with E-state index in [0.717, 1.165) is 29.5 Å². The molecular weight excluding hydrogens is 632 g/mol. The highest BCUT2D eigenvalue weighted by molar-refractivity contribution is 6.30. The Kier molecular flexibility index (Phi) is 11.0. The smallest absolute Gasteiger partial charge is 0.287 e. The first-order chi connectivity index (χ1) is 23.0. The summed E-state index contributed by atoms with van der Waals surface area (Å²) in [6.07, 6.45) is 0.210. The maximum Gasteiger partial charge on any atom is 0.287 e. The van der Waals surface area contributed by atoms with Gasteiger partial charge in [0.15, 0.2) is 11.2 Å². The summed E-state index contributed by atoms with van der Waals surface area (Å²) in [4.78, 5) is 61.2. The molecule has 1 aliphatic rings. The molecule has 1 aromatic heterocycles. The lowest BCUT2D eigenvalue weighted by Gasteiger charge is -2.38. The topological polar surface area (TPSA) is 118 Å². The van der Waals surface area contributed by atoms with Gasteiger partial charge in [-0.3, -0.25) is 19.2 Å². The Hall–Kier alpha value is -4.87. The number of halogens is 1. The molecule has 2 N–H and O–H groups in total. The molecule has 0 radical (unpaired) electrons. The third-order valence-electron chi connectivity index (χ3n) is 8.33. The molecule has 1 atom stereocenters. The van der Waals surface area contributed by atoms with E-state index in [0.29, 0.717) is 48.7 Å². The average molecular weight is 673 g/mol. The number of nitrogens with one attached hydrogen (secondary N) is 2. The molecule has 0 saturated carbocycles. The number of hydrogen-bond donors (Lipinski definition) is 2. The van der Waals surface area contributed by atoms with E-state index in [-0.39, 0.29) is 35.0 Å². The van der Waals surface area contributed by atoms with Crippen molar-refractivity contribution in [3.8, 4) is 0 Å². The Balaban J connectivity index is 1.32. The van der Waals surface area contributed by atoms with Gasteiger partial charge < -0.3 is 34.7 Å². The van der Waals surface area contributed by atoms with E-state index in [2.05, 4.69) is 15.5 Å². The number of carbonyl (C=O) groups excluding carboxylic acids is 3. The highest BCUT2D eigenvalue weighted by Crippen LogP contribution is 2.23. The zero-order chi connectivity index (χ0) is 34.4. The SMILES string of the molecule is CN(C)CCNC(=O)c1ccccc1N1CCN(C(=O)[C@@H](Cc2ccc(Cl)cc2)NC(=O)c2cc(=O)c3cc(N(C)C)ccc3o2)CC1. The van der Waals surface area contributed by atoms with Crippen molar-refractivity contribution in [1.82, 2.24) is 20.4 Å². The zero-order valence-corrected chi connectivity index (χ0v) is 28.4. The molecule has 1 aliphatic heterocycles. The van der Waals surface area contributed by atoms with E-state index in [1.54, 1.807) is 35.2 Å². The number of para-hydroxylation sites is 1. The van der Waals surface area contributed by atoms with Gasteiger partial charge in [0.1, 0.15) is 11.6 Å².